The highest BCUT2D eigenvalue weighted by molar-refractivity contribution is 5.94. The summed E-state index contributed by atoms with van der Waals surface area (Å²) >= 11 is 0. The van der Waals surface area contributed by atoms with Crippen molar-refractivity contribution in [3.8, 4) is 0 Å². The Kier molecular flexibility index (Phi) is 5.45. The smallest absolute Gasteiger partial charge is 0.253 e. The first-order valence-electron chi connectivity index (χ1n) is 11.0. The molecule has 0 aliphatic carbocycles. The average Bonchev–Trinajstić information content (AvgIpc) is 3.29. The number of hydrogen-bond acceptors (Lipinski definition) is 5. The standard InChI is InChI=1S/C23H28N6O/c30-22(19-8-6-18(7-9-19)15-27-12-2-1-3-13-27)28-14-4-5-20(16-28)21-10-11-24-23-25-17-26-29(21)23/h6-11,17,20H,1-5,12-16H2/t20-/m0/s1. The lowest BCUT2D eigenvalue weighted by Gasteiger charge is -2.33. The van der Waals surface area contributed by atoms with Crippen LogP contribution in [0.4, 0.5) is 0 Å². The summed E-state index contributed by atoms with van der Waals surface area (Å²) in [5.41, 5.74) is 3.14. The number of hydrogen-bond donors (Lipinski definition) is 0. The van der Waals surface area contributed by atoms with Crippen LogP contribution in [0.2, 0.25) is 0 Å². The van der Waals surface area contributed by atoms with Gasteiger partial charge in [-0.1, -0.05) is 18.6 Å². The van der Waals surface area contributed by atoms with Gasteiger partial charge in [-0.05, 0) is 62.5 Å². The molecule has 0 saturated carbocycles. The Morgan fingerprint density at radius 2 is 1.80 bits per heavy atom. The SMILES string of the molecule is O=C(c1ccc(CN2CCCCC2)cc1)N1CCC[C@H](c2ccnc3ncnn23)C1. The van der Waals surface area contributed by atoms with Gasteiger partial charge in [0.15, 0.2) is 0 Å². The van der Waals surface area contributed by atoms with Crippen molar-refractivity contribution in [2.45, 2.75) is 44.6 Å². The Morgan fingerprint density at radius 3 is 2.63 bits per heavy atom. The van der Waals surface area contributed by atoms with E-state index in [0.29, 0.717) is 12.3 Å². The summed E-state index contributed by atoms with van der Waals surface area (Å²) in [5.74, 6) is 0.974. The molecule has 7 nitrogen and oxygen atoms in total. The lowest BCUT2D eigenvalue weighted by Crippen LogP contribution is -2.39. The molecule has 30 heavy (non-hydrogen) atoms. The van der Waals surface area contributed by atoms with Gasteiger partial charge in [-0.25, -0.2) is 9.50 Å². The van der Waals surface area contributed by atoms with Gasteiger partial charge in [0.25, 0.3) is 11.7 Å². The number of carbonyl (C=O) groups excluding carboxylic acids is 1. The highest BCUT2D eigenvalue weighted by atomic mass is 16.2. The molecule has 1 atom stereocenters. The minimum atomic E-state index is 0.119. The molecule has 3 aromatic rings. The normalized spacial score (nSPS) is 20.5. The Balaban J connectivity index is 1.27. The first kappa shape index (κ1) is 19.2. The summed E-state index contributed by atoms with van der Waals surface area (Å²) < 4.78 is 1.80. The van der Waals surface area contributed by atoms with Crippen LogP contribution in [0, 0.1) is 0 Å². The molecule has 5 rings (SSSR count). The molecule has 4 heterocycles. The lowest BCUT2D eigenvalue weighted by molar-refractivity contribution is 0.0705. The van der Waals surface area contributed by atoms with Crippen LogP contribution >= 0.6 is 0 Å². The maximum Gasteiger partial charge on any atom is 0.253 e. The van der Waals surface area contributed by atoms with Gasteiger partial charge in [-0.2, -0.15) is 10.1 Å². The van der Waals surface area contributed by atoms with E-state index in [4.69, 9.17) is 0 Å². The van der Waals surface area contributed by atoms with E-state index < -0.39 is 0 Å². The first-order valence-corrected chi connectivity index (χ1v) is 11.0. The maximum absolute atomic E-state index is 13.2. The Bertz CT molecular complexity index is 1010. The summed E-state index contributed by atoms with van der Waals surface area (Å²) in [6, 6.07) is 10.2. The van der Waals surface area contributed by atoms with E-state index in [1.807, 2.05) is 23.1 Å². The third kappa shape index (κ3) is 3.94. The quantitative estimate of drug-likeness (QED) is 0.668. The topological polar surface area (TPSA) is 66.6 Å². The zero-order valence-electron chi connectivity index (χ0n) is 17.3. The van der Waals surface area contributed by atoms with Crippen LogP contribution in [0.15, 0.2) is 42.9 Å². The largest absolute Gasteiger partial charge is 0.338 e. The number of nitrogens with zero attached hydrogens (tertiary/aromatic N) is 6. The summed E-state index contributed by atoms with van der Waals surface area (Å²) in [6.07, 6.45) is 9.28. The van der Waals surface area contributed by atoms with Crippen LogP contribution in [0.5, 0.6) is 0 Å². The molecule has 156 valence electrons. The van der Waals surface area contributed by atoms with Crippen LogP contribution in [0.25, 0.3) is 5.78 Å². The summed E-state index contributed by atoms with van der Waals surface area (Å²) in [6.45, 7) is 4.85. The summed E-state index contributed by atoms with van der Waals surface area (Å²) in [4.78, 5) is 26.1. The molecular formula is C23H28N6O. The molecule has 0 bridgehead atoms. The number of rotatable bonds is 4. The molecule has 7 heteroatoms. The summed E-state index contributed by atoms with van der Waals surface area (Å²) in [5, 5.41) is 4.32. The predicted octanol–water partition coefficient (Wildman–Crippen LogP) is 3.13. The van der Waals surface area contributed by atoms with Crippen molar-refractivity contribution in [3.63, 3.8) is 0 Å². The predicted molar refractivity (Wildman–Crippen MR) is 114 cm³/mol. The average molecular weight is 405 g/mol. The van der Waals surface area contributed by atoms with Crippen molar-refractivity contribution in [3.05, 3.63) is 59.7 Å². The van der Waals surface area contributed by atoms with E-state index in [0.717, 1.165) is 37.2 Å². The molecule has 0 N–H and O–H groups in total. The Morgan fingerprint density at radius 1 is 0.967 bits per heavy atom. The van der Waals surface area contributed by atoms with Crippen LogP contribution in [-0.4, -0.2) is 61.5 Å². The van der Waals surface area contributed by atoms with Gasteiger partial charge in [-0.3, -0.25) is 9.69 Å². The van der Waals surface area contributed by atoms with Crippen LogP contribution in [-0.2, 0) is 6.54 Å². The molecule has 2 aliphatic rings. The number of benzene rings is 1. The zero-order valence-corrected chi connectivity index (χ0v) is 17.3. The molecule has 1 amide bonds. The van der Waals surface area contributed by atoms with Crippen LogP contribution < -0.4 is 0 Å². The molecule has 0 unspecified atom stereocenters. The van der Waals surface area contributed by atoms with Crippen LogP contribution in [0.1, 0.15) is 59.6 Å². The number of amides is 1. The molecular weight excluding hydrogens is 376 g/mol. The number of fused-ring (bicyclic) bond motifs is 1. The molecule has 1 aromatic carbocycles. The van der Waals surface area contributed by atoms with Gasteiger partial charge >= 0.3 is 0 Å². The molecule has 0 spiro atoms. The van der Waals surface area contributed by atoms with Gasteiger partial charge in [0, 0.05) is 37.3 Å². The maximum atomic E-state index is 13.2. The second-order valence-electron chi connectivity index (χ2n) is 8.47. The van der Waals surface area contributed by atoms with E-state index in [1.54, 1.807) is 10.7 Å². The minimum absolute atomic E-state index is 0.119. The van der Waals surface area contributed by atoms with Crippen LogP contribution in [0.3, 0.4) is 0 Å². The third-order valence-electron chi connectivity index (χ3n) is 6.39. The summed E-state index contributed by atoms with van der Waals surface area (Å²) in [7, 11) is 0. The molecule has 2 fully saturated rings. The van der Waals surface area contributed by atoms with Crippen molar-refractivity contribution >= 4 is 11.7 Å². The third-order valence-corrected chi connectivity index (χ3v) is 6.39. The second-order valence-corrected chi connectivity index (χ2v) is 8.47. The van der Waals surface area contributed by atoms with Gasteiger partial charge < -0.3 is 4.90 Å². The van der Waals surface area contributed by atoms with Crippen molar-refractivity contribution < 1.29 is 4.79 Å². The molecule has 0 radical (unpaired) electrons. The monoisotopic (exact) mass is 404 g/mol. The highest BCUT2D eigenvalue weighted by Gasteiger charge is 2.27. The van der Waals surface area contributed by atoms with Gasteiger partial charge in [0.1, 0.15) is 6.33 Å². The number of likely N-dealkylation sites (tertiary alicyclic amines) is 2. The van der Waals surface area contributed by atoms with E-state index in [1.165, 1.54) is 44.2 Å². The van der Waals surface area contributed by atoms with E-state index in [-0.39, 0.29) is 11.8 Å². The molecule has 2 aliphatic heterocycles. The van der Waals surface area contributed by atoms with E-state index in [9.17, 15) is 4.79 Å². The number of piperidine rings is 2. The minimum Gasteiger partial charge on any atom is -0.338 e. The van der Waals surface area contributed by atoms with Crippen molar-refractivity contribution in [2.24, 2.45) is 0 Å². The lowest BCUT2D eigenvalue weighted by atomic mass is 9.94. The van der Waals surface area contributed by atoms with Crippen molar-refractivity contribution in [2.75, 3.05) is 26.2 Å². The Labute approximate surface area is 176 Å². The highest BCUT2D eigenvalue weighted by Crippen LogP contribution is 2.27. The number of aromatic nitrogens is 4. The fourth-order valence-electron chi connectivity index (χ4n) is 4.78. The van der Waals surface area contributed by atoms with Gasteiger partial charge in [0.05, 0.1) is 5.69 Å². The van der Waals surface area contributed by atoms with Gasteiger partial charge in [-0.15, -0.1) is 0 Å². The van der Waals surface area contributed by atoms with Crippen molar-refractivity contribution in [1.82, 2.24) is 29.4 Å². The molecule has 2 aromatic heterocycles. The first-order chi connectivity index (χ1) is 14.8. The fourth-order valence-corrected chi connectivity index (χ4v) is 4.78. The number of carbonyl (C=O) groups is 1. The zero-order chi connectivity index (χ0) is 20.3. The van der Waals surface area contributed by atoms with Gasteiger partial charge in [0.2, 0.25) is 0 Å². The Hall–Kier alpha value is -2.80. The second kappa shape index (κ2) is 8.52. The van der Waals surface area contributed by atoms with E-state index in [2.05, 4.69) is 32.1 Å². The molecule has 2 saturated heterocycles. The van der Waals surface area contributed by atoms with E-state index >= 15 is 0 Å². The fraction of sp³-hybridized carbons (Fsp3) is 0.478. The van der Waals surface area contributed by atoms with Crippen molar-refractivity contribution in [1.29, 1.82) is 0 Å².